The number of hydrogen-bond acceptors (Lipinski definition) is 4. The van der Waals surface area contributed by atoms with E-state index >= 15 is 0 Å². The Balaban J connectivity index is 2.27. The molecule has 0 aromatic heterocycles. The van der Waals surface area contributed by atoms with E-state index < -0.39 is 0 Å². The van der Waals surface area contributed by atoms with E-state index in [0.29, 0.717) is 11.5 Å². The fraction of sp³-hybridized carbons (Fsp3) is 0.105. The lowest BCUT2D eigenvalue weighted by molar-refractivity contribution is -0.136. The van der Waals surface area contributed by atoms with Crippen LogP contribution in [0.25, 0.3) is 11.3 Å². The SMILES string of the molecule is COC1=C(c2ccccc2)C(OC(C)=O)=CSc2ccccc21. The van der Waals surface area contributed by atoms with Crippen molar-refractivity contribution >= 4 is 29.1 Å². The van der Waals surface area contributed by atoms with Gasteiger partial charge in [-0.2, -0.15) is 0 Å². The summed E-state index contributed by atoms with van der Waals surface area (Å²) in [6.45, 7) is 1.40. The van der Waals surface area contributed by atoms with Crippen LogP contribution in [0.3, 0.4) is 0 Å². The summed E-state index contributed by atoms with van der Waals surface area (Å²) in [5.74, 6) is 0.845. The molecule has 3 rings (SSSR count). The van der Waals surface area contributed by atoms with Crippen molar-refractivity contribution in [2.45, 2.75) is 11.8 Å². The van der Waals surface area contributed by atoms with E-state index in [1.807, 2.05) is 60.0 Å². The number of benzene rings is 2. The van der Waals surface area contributed by atoms with Gasteiger partial charge in [-0.25, -0.2) is 0 Å². The maximum Gasteiger partial charge on any atom is 0.308 e. The molecule has 3 nitrogen and oxygen atoms in total. The van der Waals surface area contributed by atoms with E-state index in [4.69, 9.17) is 9.47 Å². The van der Waals surface area contributed by atoms with E-state index in [1.54, 1.807) is 7.11 Å². The molecule has 2 aromatic rings. The molecule has 0 N–H and O–H groups in total. The topological polar surface area (TPSA) is 35.5 Å². The van der Waals surface area contributed by atoms with E-state index in [-0.39, 0.29) is 5.97 Å². The van der Waals surface area contributed by atoms with Crippen molar-refractivity contribution in [3.63, 3.8) is 0 Å². The number of esters is 1. The largest absolute Gasteiger partial charge is 0.495 e. The first kappa shape index (κ1) is 15.4. The molecule has 0 aliphatic carbocycles. The molecule has 0 amide bonds. The average Bonchev–Trinajstić information content (AvgIpc) is 2.72. The van der Waals surface area contributed by atoms with Gasteiger partial charge in [-0.1, -0.05) is 60.3 Å². The Labute approximate surface area is 139 Å². The molecular weight excluding hydrogens is 308 g/mol. The standard InChI is InChI=1S/C19H16O3S/c1-13(20)22-16-12-23-17-11-7-6-10-15(17)19(21-2)18(16)14-8-4-3-5-9-14/h3-12H,1-2H3. The molecule has 0 atom stereocenters. The molecule has 0 saturated carbocycles. The number of carbonyl (C=O) groups excluding carboxylic acids is 1. The second-order valence-electron chi connectivity index (χ2n) is 4.96. The van der Waals surface area contributed by atoms with Gasteiger partial charge in [-0.15, -0.1) is 0 Å². The Morgan fingerprint density at radius 3 is 2.39 bits per heavy atom. The van der Waals surface area contributed by atoms with Crippen LogP contribution in [0.4, 0.5) is 0 Å². The number of hydrogen-bond donors (Lipinski definition) is 0. The lowest BCUT2D eigenvalue weighted by Crippen LogP contribution is -2.04. The number of allylic oxidation sites excluding steroid dienone is 1. The molecule has 23 heavy (non-hydrogen) atoms. The Bertz CT molecular complexity index is 791. The van der Waals surface area contributed by atoms with Crippen LogP contribution >= 0.6 is 11.8 Å². The van der Waals surface area contributed by atoms with Gasteiger partial charge in [0.15, 0.2) is 0 Å². The summed E-state index contributed by atoms with van der Waals surface area (Å²) in [5.41, 5.74) is 2.70. The molecule has 1 aliphatic rings. The second kappa shape index (κ2) is 6.75. The first-order valence-corrected chi connectivity index (χ1v) is 8.07. The highest BCUT2D eigenvalue weighted by Gasteiger charge is 2.24. The van der Waals surface area contributed by atoms with Gasteiger partial charge in [0.25, 0.3) is 0 Å². The highest BCUT2D eigenvalue weighted by molar-refractivity contribution is 8.02. The van der Waals surface area contributed by atoms with Crippen molar-refractivity contribution in [3.8, 4) is 0 Å². The maximum atomic E-state index is 11.5. The molecule has 0 radical (unpaired) electrons. The van der Waals surface area contributed by atoms with Crippen LogP contribution in [0.2, 0.25) is 0 Å². The van der Waals surface area contributed by atoms with Gasteiger partial charge >= 0.3 is 5.97 Å². The van der Waals surface area contributed by atoms with Crippen molar-refractivity contribution < 1.29 is 14.3 Å². The minimum absolute atomic E-state index is 0.355. The third-order valence-electron chi connectivity index (χ3n) is 3.42. The van der Waals surface area contributed by atoms with Gasteiger partial charge in [0.05, 0.1) is 12.7 Å². The minimum Gasteiger partial charge on any atom is -0.495 e. The molecule has 4 heteroatoms. The van der Waals surface area contributed by atoms with Gasteiger partial charge in [-0.3, -0.25) is 4.79 Å². The predicted octanol–water partition coefficient (Wildman–Crippen LogP) is 4.71. The summed E-state index contributed by atoms with van der Waals surface area (Å²) in [6, 6.07) is 17.8. The van der Waals surface area contributed by atoms with Gasteiger partial charge in [0, 0.05) is 22.8 Å². The van der Waals surface area contributed by atoms with Crippen molar-refractivity contribution in [2.24, 2.45) is 0 Å². The molecule has 0 fully saturated rings. The Morgan fingerprint density at radius 1 is 1.00 bits per heavy atom. The summed E-state index contributed by atoms with van der Waals surface area (Å²) in [7, 11) is 1.64. The second-order valence-corrected chi connectivity index (χ2v) is 5.88. The van der Waals surface area contributed by atoms with Crippen LogP contribution in [0.5, 0.6) is 0 Å². The quantitative estimate of drug-likeness (QED) is 0.766. The zero-order valence-electron chi connectivity index (χ0n) is 12.9. The van der Waals surface area contributed by atoms with Crippen molar-refractivity contribution in [3.05, 3.63) is 76.9 Å². The highest BCUT2D eigenvalue weighted by Crippen LogP contribution is 2.42. The molecule has 0 bridgehead atoms. The molecular formula is C19H16O3S. The van der Waals surface area contributed by atoms with E-state index in [0.717, 1.165) is 21.6 Å². The van der Waals surface area contributed by atoms with Gasteiger partial charge in [-0.05, 0) is 11.6 Å². The number of carbonyl (C=O) groups is 1. The molecule has 0 saturated heterocycles. The fourth-order valence-corrected chi connectivity index (χ4v) is 3.34. The number of ether oxygens (including phenoxy) is 2. The molecule has 0 spiro atoms. The summed E-state index contributed by atoms with van der Waals surface area (Å²) in [4.78, 5) is 12.6. The number of thioether (sulfide) groups is 1. The van der Waals surface area contributed by atoms with E-state index in [9.17, 15) is 4.79 Å². The van der Waals surface area contributed by atoms with Crippen molar-refractivity contribution in [2.75, 3.05) is 7.11 Å². The highest BCUT2D eigenvalue weighted by atomic mass is 32.2. The number of methoxy groups -OCH3 is 1. The van der Waals surface area contributed by atoms with Crippen LogP contribution < -0.4 is 0 Å². The van der Waals surface area contributed by atoms with Gasteiger partial charge < -0.3 is 9.47 Å². The van der Waals surface area contributed by atoms with E-state index in [1.165, 1.54) is 18.7 Å². The molecule has 2 aromatic carbocycles. The van der Waals surface area contributed by atoms with Crippen molar-refractivity contribution in [1.29, 1.82) is 0 Å². The summed E-state index contributed by atoms with van der Waals surface area (Å²) < 4.78 is 11.2. The Hall–Kier alpha value is -2.46. The zero-order chi connectivity index (χ0) is 16.2. The Kier molecular flexibility index (Phi) is 4.53. The third kappa shape index (κ3) is 3.17. The first-order chi connectivity index (χ1) is 11.2. The van der Waals surface area contributed by atoms with Crippen LogP contribution in [0.1, 0.15) is 18.1 Å². The minimum atomic E-state index is -0.355. The van der Waals surface area contributed by atoms with Crippen LogP contribution in [0.15, 0.2) is 70.7 Å². The molecule has 116 valence electrons. The Morgan fingerprint density at radius 2 is 1.70 bits per heavy atom. The van der Waals surface area contributed by atoms with Crippen LogP contribution in [0, 0.1) is 0 Å². The van der Waals surface area contributed by atoms with E-state index in [2.05, 4.69) is 0 Å². The maximum absolute atomic E-state index is 11.5. The van der Waals surface area contributed by atoms with Gasteiger partial charge in [0.2, 0.25) is 0 Å². The third-order valence-corrected chi connectivity index (χ3v) is 4.36. The van der Waals surface area contributed by atoms with Crippen LogP contribution in [-0.2, 0) is 14.3 Å². The monoisotopic (exact) mass is 324 g/mol. The number of rotatable bonds is 3. The van der Waals surface area contributed by atoms with Gasteiger partial charge in [0.1, 0.15) is 11.5 Å². The number of fused-ring (bicyclic) bond motifs is 1. The fourth-order valence-electron chi connectivity index (χ4n) is 2.50. The molecule has 1 aliphatic heterocycles. The first-order valence-electron chi connectivity index (χ1n) is 7.19. The zero-order valence-corrected chi connectivity index (χ0v) is 13.7. The van der Waals surface area contributed by atoms with Crippen LogP contribution in [-0.4, -0.2) is 13.1 Å². The molecule has 1 heterocycles. The smallest absolute Gasteiger partial charge is 0.308 e. The lowest BCUT2D eigenvalue weighted by atomic mass is 9.99. The summed E-state index contributed by atoms with van der Waals surface area (Å²) in [5, 5.41) is 1.86. The predicted molar refractivity (Wildman–Crippen MR) is 92.4 cm³/mol. The lowest BCUT2D eigenvalue weighted by Gasteiger charge is -2.16. The molecule has 0 unspecified atom stereocenters. The average molecular weight is 324 g/mol. The summed E-state index contributed by atoms with van der Waals surface area (Å²) in [6.07, 6.45) is 0. The summed E-state index contributed by atoms with van der Waals surface area (Å²) >= 11 is 1.52. The van der Waals surface area contributed by atoms with Crippen molar-refractivity contribution in [1.82, 2.24) is 0 Å². The normalized spacial score (nSPS) is 13.7.